The van der Waals surface area contributed by atoms with Crippen molar-refractivity contribution < 1.29 is 48.0 Å². The number of amides is 4. The number of aromatic hydroxyl groups is 1. The average molecular weight is 715 g/mol. The lowest BCUT2D eigenvalue weighted by Gasteiger charge is -2.47. The predicted molar refractivity (Wildman–Crippen MR) is 183 cm³/mol. The minimum atomic E-state index is -1.37. The molecule has 0 unspecified atom stereocenters. The summed E-state index contributed by atoms with van der Waals surface area (Å²) in [5.74, 6) is -7.85. The number of hydrogen-bond donors (Lipinski definition) is 2. The molecule has 3 aromatic rings. The number of fused-ring (bicyclic) bond motifs is 4. The third-order valence-corrected chi connectivity index (χ3v) is 11.1. The number of carbonyl (C=O) groups excluding carboxylic acids is 4. The quantitative estimate of drug-likeness (QED) is 0.226. The van der Waals surface area contributed by atoms with Gasteiger partial charge in [-0.2, -0.15) is 0 Å². The number of carboxylic acid groups (broad SMARTS) is 1. The first kappa shape index (κ1) is 34.0. The van der Waals surface area contributed by atoms with E-state index in [0.717, 1.165) is 15.9 Å². The SMILES string of the molecule is COc1cc(C=C[C@H]2C3=CC[C@@H]4C(=O)N(c5cccc(C(=O)O)c5)C(=O)[C@@H]4[C@@H]3C[C@H]3C(=O)N(c4ccc(F)c(Cl)c4)C(=O)[C@@]23C)cc(OC)c1O. The van der Waals surface area contributed by atoms with Crippen molar-refractivity contribution in [2.75, 3.05) is 24.0 Å². The Labute approximate surface area is 296 Å². The molecule has 6 atom stereocenters. The van der Waals surface area contributed by atoms with Crippen LogP contribution in [-0.2, 0) is 19.2 Å². The molecule has 0 aromatic heterocycles. The highest BCUT2D eigenvalue weighted by molar-refractivity contribution is 6.32. The maximum Gasteiger partial charge on any atom is 0.335 e. The van der Waals surface area contributed by atoms with Gasteiger partial charge < -0.3 is 19.7 Å². The van der Waals surface area contributed by atoms with E-state index in [1.807, 2.05) is 6.08 Å². The molecule has 2 aliphatic carbocycles. The fourth-order valence-corrected chi connectivity index (χ4v) is 8.51. The predicted octanol–water partition coefficient (Wildman–Crippen LogP) is 5.88. The van der Waals surface area contributed by atoms with Gasteiger partial charge in [0.25, 0.3) is 0 Å². The first-order chi connectivity index (χ1) is 24.3. The topological polar surface area (TPSA) is 151 Å². The summed E-state index contributed by atoms with van der Waals surface area (Å²) in [6, 6.07) is 12.4. The molecular weight excluding hydrogens is 683 g/mol. The Kier molecular flexibility index (Phi) is 8.25. The van der Waals surface area contributed by atoms with Gasteiger partial charge in [0, 0.05) is 5.92 Å². The lowest BCUT2D eigenvalue weighted by Crippen LogP contribution is -2.49. The monoisotopic (exact) mass is 714 g/mol. The highest BCUT2D eigenvalue weighted by Crippen LogP contribution is 2.61. The average Bonchev–Trinajstić information content (AvgIpc) is 3.48. The number of imide groups is 2. The van der Waals surface area contributed by atoms with Crippen LogP contribution in [0.2, 0.25) is 5.02 Å². The number of benzene rings is 3. The second-order valence-electron chi connectivity index (χ2n) is 13.3. The summed E-state index contributed by atoms with van der Waals surface area (Å²) < 4.78 is 24.8. The van der Waals surface area contributed by atoms with E-state index in [4.69, 9.17) is 21.1 Å². The Morgan fingerprint density at radius 3 is 2.27 bits per heavy atom. The highest BCUT2D eigenvalue weighted by atomic mass is 35.5. The van der Waals surface area contributed by atoms with E-state index < -0.39 is 70.4 Å². The minimum absolute atomic E-state index is 0.0761. The van der Waals surface area contributed by atoms with Crippen molar-refractivity contribution >= 4 is 58.6 Å². The number of rotatable bonds is 7. The van der Waals surface area contributed by atoms with Crippen molar-refractivity contribution in [3.63, 3.8) is 0 Å². The summed E-state index contributed by atoms with van der Waals surface area (Å²) in [4.78, 5) is 70.7. The number of phenolic OH excluding ortho intramolecular Hbond substituents is 1. The third-order valence-electron chi connectivity index (χ3n) is 10.8. The summed E-state index contributed by atoms with van der Waals surface area (Å²) in [6.45, 7) is 1.70. The smallest absolute Gasteiger partial charge is 0.335 e. The first-order valence-corrected chi connectivity index (χ1v) is 16.6. The van der Waals surface area contributed by atoms with Gasteiger partial charge in [-0.1, -0.05) is 41.5 Å². The fraction of sp³-hybridized carbons (Fsp3) is 0.289. The van der Waals surface area contributed by atoms with Gasteiger partial charge in [0.1, 0.15) is 5.82 Å². The Morgan fingerprint density at radius 2 is 1.63 bits per heavy atom. The second kappa shape index (κ2) is 12.4. The third kappa shape index (κ3) is 5.11. The molecule has 2 heterocycles. The summed E-state index contributed by atoms with van der Waals surface area (Å²) in [6.07, 6.45) is 5.62. The number of allylic oxidation sites excluding steroid dienone is 3. The van der Waals surface area contributed by atoms with Gasteiger partial charge in [0.15, 0.2) is 11.5 Å². The number of methoxy groups -OCH3 is 2. The van der Waals surface area contributed by atoms with E-state index in [2.05, 4.69) is 0 Å². The number of phenols is 1. The van der Waals surface area contributed by atoms with Gasteiger partial charge in [-0.25, -0.2) is 14.1 Å². The molecule has 13 heteroatoms. The zero-order valence-electron chi connectivity index (χ0n) is 27.6. The first-order valence-electron chi connectivity index (χ1n) is 16.2. The maximum atomic E-state index is 14.5. The van der Waals surface area contributed by atoms with Crippen LogP contribution in [0, 0.1) is 40.8 Å². The molecule has 11 nitrogen and oxygen atoms in total. The normalized spacial score (nSPS) is 27.0. The van der Waals surface area contributed by atoms with Crippen LogP contribution in [0.5, 0.6) is 17.2 Å². The number of carboxylic acids is 1. The Balaban J connectivity index is 1.34. The van der Waals surface area contributed by atoms with Crippen LogP contribution in [0.1, 0.15) is 35.7 Å². The van der Waals surface area contributed by atoms with Gasteiger partial charge in [-0.15, -0.1) is 0 Å². The van der Waals surface area contributed by atoms with E-state index in [1.54, 1.807) is 31.2 Å². The zero-order valence-corrected chi connectivity index (χ0v) is 28.4. The number of hydrogen-bond acceptors (Lipinski definition) is 8. The van der Waals surface area contributed by atoms with E-state index in [1.165, 1.54) is 50.6 Å². The van der Waals surface area contributed by atoms with Crippen molar-refractivity contribution in [1.29, 1.82) is 0 Å². The molecule has 2 aliphatic heterocycles. The largest absolute Gasteiger partial charge is 0.502 e. The van der Waals surface area contributed by atoms with Crippen LogP contribution in [0.4, 0.5) is 15.8 Å². The van der Waals surface area contributed by atoms with Crippen LogP contribution in [0.15, 0.2) is 72.3 Å². The fourth-order valence-electron chi connectivity index (χ4n) is 8.34. The van der Waals surface area contributed by atoms with Gasteiger partial charge >= 0.3 is 5.97 Å². The van der Waals surface area contributed by atoms with Gasteiger partial charge in [0.2, 0.25) is 29.4 Å². The van der Waals surface area contributed by atoms with Crippen LogP contribution < -0.4 is 19.3 Å². The molecular formula is C38H32ClFN2O9. The highest BCUT2D eigenvalue weighted by Gasteiger charge is 2.67. The van der Waals surface area contributed by atoms with Crippen LogP contribution in [-0.4, -0.2) is 54.0 Å². The van der Waals surface area contributed by atoms with Crippen molar-refractivity contribution in [2.45, 2.75) is 19.8 Å². The van der Waals surface area contributed by atoms with E-state index in [-0.39, 0.29) is 52.1 Å². The van der Waals surface area contributed by atoms with Crippen molar-refractivity contribution in [2.24, 2.45) is 35.0 Å². The molecule has 2 N–H and O–H groups in total. The number of nitrogens with zero attached hydrogens (tertiary/aromatic N) is 2. The van der Waals surface area contributed by atoms with Gasteiger partial charge in [0.05, 0.1) is 59.3 Å². The summed E-state index contributed by atoms with van der Waals surface area (Å²) >= 11 is 6.07. The molecule has 0 bridgehead atoms. The summed E-state index contributed by atoms with van der Waals surface area (Å²) in [5, 5.41) is 19.8. The number of ether oxygens (including phenoxy) is 2. The summed E-state index contributed by atoms with van der Waals surface area (Å²) in [7, 11) is 2.78. The van der Waals surface area contributed by atoms with E-state index in [0.29, 0.717) is 11.1 Å². The van der Waals surface area contributed by atoms with Crippen molar-refractivity contribution in [3.8, 4) is 17.2 Å². The van der Waals surface area contributed by atoms with Crippen LogP contribution in [0.3, 0.4) is 0 Å². The lowest BCUT2D eigenvalue weighted by atomic mass is 9.52. The molecule has 262 valence electrons. The van der Waals surface area contributed by atoms with Gasteiger partial charge in [-0.05, 0) is 79.8 Å². The zero-order chi connectivity index (χ0) is 36.5. The standard InChI is InChI=1S/C38H32ClFN2O9/c1-38-25(11-7-18-13-29(50-2)32(43)30(14-18)51-3)22-9-10-23-31(35(46)41(33(23)44)20-6-4-5-19(15-20)36(47)48)24(22)17-26(38)34(45)42(37(38)49)21-8-12-28(40)27(39)16-21/h4-9,11-16,23-26,31,43H,10,17H2,1-3H3,(H,47,48)/t23-,24+,25-,26-,31-,38-/m0/s1. The molecule has 4 amide bonds. The minimum Gasteiger partial charge on any atom is -0.502 e. The van der Waals surface area contributed by atoms with E-state index in [9.17, 15) is 38.6 Å². The molecule has 4 aliphatic rings. The summed E-state index contributed by atoms with van der Waals surface area (Å²) in [5.41, 5.74) is 0.0587. The number of anilines is 2. The van der Waals surface area contributed by atoms with E-state index >= 15 is 0 Å². The molecule has 2 saturated heterocycles. The molecule has 0 spiro atoms. The van der Waals surface area contributed by atoms with Crippen molar-refractivity contribution in [1.82, 2.24) is 0 Å². The Hall–Kier alpha value is -5.49. The number of carbonyl (C=O) groups is 5. The molecule has 0 radical (unpaired) electrons. The maximum absolute atomic E-state index is 14.5. The molecule has 1 saturated carbocycles. The molecule has 51 heavy (non-hydrogen) atoms. The Morgan fingerprint density at radius 1 is 0.941 bits per heavy atom. The molecule has 3 aromatic carbocycles. The second-order valence-corrected chi connectivity index (χ2v) is 13.7. The number of aromatic carboxylic acids is 1. The molecule has 3 fully saturated rings. The van der Waals surface area contributed by atoms with Crippen LogP contribution >= 0.6 is 11.6 Å². The van der Waals surface area contributed by atoms with Crippen LogP contribution in [0.25, 0.3) is 6.08 Å². The molecule has 7 rings (SSSR count). The Bertz CT molecular complexity index is 2090. The van der Waals surface area contributed by atoms with Crippen molar-refractivity contribution in [3.05, 3.63) is 94.3 Å². The van der Waals surface area contributed by atoms with Gasteiger partial charge in [-0.3, -0.25) is 24.1 Å². The lowest BCUT2D eigenvalue weighted by molar-refractivity contribution is -0.132. The number of halogens is 2.